The third-order valence-corrected chi connectivity index (χ3v) is 4.29. The Bertz CT molecular complexity index is 931. The van der Waals surface area contributed by atoms with Crippen molar-refractivity contribution in [1.82, 2.24) is 5.32 Å². The fourth-order valence-electron chi connectivity index (χ4n) is 3.13. The minimum atomic E-state index is -0.549. The maximum atomic E-state index is 14.8. The first-order valence-electron chi connectivity index (χ1n) is 8.86. The predicted octanol–water partition coefficient (Wildman–Crippen LogP) is 3.06. The summed E-state index contributed by atoms with van der Waals surface area (Å²) in [6.07, 6.45) is 0.551. The summed E-state index contributed by atoms with van der Waals surface area (Å²) in [5, 5.41) is 10.9. The zero-order valence-corrected chi connectivity index (χ0v) is 16.8. The van der Waals surface area contributed by atoms with Gasteiger partial charge in [-0.15, -0.1) is 12.4 Å². The van der Waals surface area contributed by atoms with Gasteiger partial charge in [-0.05, 0) is 48.4 Å². The molecule has 0 aromatic heterocycles. The molecule has 9 heteroatoms. The van der Waals surface area contributed by atoms with Gasteiger partial charge in [0.1, 0.15) is 5.82 Å². The number of carbonyl (C=O) groups excluding carboxylic acids is 3. The molecule has 0 fully saturated rings. The molecule has 1 heterocycles. The Kier molecular flexibility index (Phi) is 7.30. The van der Waals surface area contributed by atoms with Gasteiger partial charge < -0.3 is 21.3 Å². The van der Waals surface area contributed by atoms with E-state index in [9.17, 15) is 18.8 Å². The number of halogens is 2. The molecule has 0 atom stereocenters. The van der Waals surface area contributed by atoms with Gasteiger partial charge in [0.15, 0.2) is 0 Å². The first-order valence-corrected chi connectivity index (χ1v) is 8.86. The van der Waals surface area contributed by atoms with E-state index in [1.165, 1.54) is 38.1 Å². The molecule has 7 nitrogen and oxygen atoms in total. The molecule has 1 aliphatic rings. The molecule has 0 bridgehead atoms. The summed E-state index contributed by atoms with van der Waals surface area (Å²) >= 11 is 0. The van der Waals surface area contributed by atoms with Crippen molar-refractivity contribution in [3.63, 3.8) is 0 Å². The Labute approximate surface area is 173 Å². The third kappa shape index (κ3) is 5.52. The zero-order chi connectivity index (χ0) is 20.3. The van der Waals surface area contributed by atoms with Crippen LogP contribution in [-0.2, 0) is 22.6 Å². The maximum absolute atomic E-state index is 14.8. The summed E-state index contributed by atoms with van der Waals surface area (Å²) in [6.45, 7) is 3.95. The highest BCUT2D eigenvalue weighted by atomic mass is 35.5. The van der Waals surface area contributed by atoms with E-state index in [1.54, 1.807) is 6.07 Å². The molecule has 0 aliphatic carbocycles. The first kappa shape index (κ1) is 22.3. The Morgan fingerprint density at radius 3 is 2.17 bits per heavy atom. The molecule has 154 valence electrons. The van der Waals surface area contributed by atoms with E-state index in [0.717, 1.165) is 5.56 Å². The Morgan fingerprint density at radius 1 is 0.966 bits per heavy atom. The van der Waals surface area contributed by atoms with Crippen molar-refractivity contribution in [3.05, 3.63) is 52.8 Å². The van der Waals surface area contributed by atoms with Crippen LogP contribution in [0.25, 0.3) is 0 Å². The van der Waals surface area contributed by atoms with Crippen molar-refractivity contribution >= 4 is 47.2 Å². The Hall–Kier alpha value is -2.97. The van der Waals surface area contributed by atoms with Crippen LogP contribution in [0.4, 0.5) is 21.5 Å². The molecule has 3 amide bonds. The second-order valence-corrected chi connectivity index (χ2v) is 6.61. The molecule has 3 rings (SSSR count). The minimum absolute atomic E-state index is 0. The van der Waals surface area contributed by atoms with Crippen LogP contribution in [0.3, 0.4) is 0 Å². The summed E-state index contributed by atoms with van der Waals surface area (Å²) < 4.78 is 14.8. The molecule has 2 aromatic carbocycles. The quantitative estimate of drug-likeness (QED) is 0.610. The molecule has 2 aromatic rings. The highest BCUT2D eigenvalue weighted by Gasteiger charge is 2.18. The third-order valence-electron chi connectivity index (χ3n) is 4.29. The topological polar surface area (TPSA) is 99.3 Å². The summed E-state index contributed by atoms with van der Waals surface area (Å²) in [6, 6.07) is 7.78. The zero-order valence-electron chi connectivity index (χ0n) is 16.0. The van der Waals surface area contributed by atoms with Crippen LogP contribution in [0, 0.1) is 5.82 Å². The lowest BCUT2D eigenvalue weighted by molar-refractivity contribution is -0.115. The van der Waals surface area contributed by atoms with Crippen molar-refractivity contribution < 1.29 is 18.8 Å². The fraction of sp³-hybridized carbons (Fsp3) is 0.250. The summed E-state index contributed by atoms with van der Waals surface area (Å²) in [4.78, 5) is 35.4. The van der Waals surface area contributed by atoms with Crippen LogP contribution in [0.1, 0.15) is 35.3 Å². The number of carbonyl (C=O) groups is 3. The molecular weight excluding hydrogens is 399 g/mol. The monoisotopic (exact) mass is 420 g/mol. The van der Waals surface area contributed by atoms with E-state index in [0.29, 0.717) is 36.4 Å². The van der Waals surface area contributed by atoms with Gasteiger partial charge in [0, 0.05) is 37.3 Å². The number of benzene rings is 2. The minimum Gasteiger partial charge on any atom is -0.326 e. The van der Waals surface area contributed by atoms with Gasteiger partial charge in [-0.1, -0.05) is 6.07 Å². The Balaban J connectivity index is 0.00000300. The average molecular weight is 421 g/mol. The Morgan fingerprint density at radius 2 is 1.59 bits per heavy atom. The van der Waals surface area contributed by atoms with Crippen LogP contribution in [0.5, 0.6) is 0 Å². The van der Waals surface area contributed by atoms with Gasteiger partial charge >= 0.3 is 0 Å². The smallest absolute Gasteiger partial charge is 0.255 e. The predicted molar refractivity (Wildman–Crippen MR) is 112 cm³/mol. The standard InChI is InChI=1S/C20H21FN4O3.ClH/c1-11(26)23-15-7-14(8-16(9-15)24-12(2)27)20(28)25-18-4-3-13-10-22-6-5-17(13)19(18)21;/h3-4,7-9,22H,5-6,10H2,1-2H3,(H,23,26)(H,24,27)(H,25,28);1H. The lowest BCUT2D eigenvalue weighted by Gasteiger charge is -2.19. The molecule has 0 spiro atoms. The molecule has 4 N–H and O–H groups in total. The number of anilines is 3. The van der Waals surface area contributed by atoms with Crippen molar-refractivity contribution in [3.8, 4) is 0 Å². The molecule has 0 saturated heterocycles. The molecule has 0 radical (unpaired) electrons. The van der Waals surface area contributed by atoms with E-state index in [1.807, 2.05) is 0 Å². The van der Waals surface area contributed by atoms with E-state index >= 15 is 0 Å². The normalized spacial score (nSPS) is 12.2. The number of hydrogen-bond donors (Lipinski definition) is 4. The highest BCUT2D eigenvalue weighted by molar-refractivity contribution is 6.06. The first-order chi connectivity index (χ1) is 13.3. The van der Waals surface area contributed by atoms with Crippen molar-refractivity contribution in [1.29, 1.82) is 0 Å². The van der Waals surface area contributed by atoms with E-state index < -0.39 is 11.7 Å². The molecule has 0 saturated carbocycles. The van der Waals surface area contributed by atoms with Crippen LogP contribution >= 0.6 is 12.4 Å². The van der Waals surface area contributed by atoms with Gasteiger partial charge in [0.05, 0.1) is 5.69 Å². The van der Waals surface area contributed by atoms with Crippen molar-refractivity contribution in [2.45, 2.75) is 26.8 Å². The van der Waals surface area contributed by atoms with Crippen LogP contribution in [0.15, 0.2) is 30.3 Å². The van der Waals surface area contributed by atoms with Crippen molar-refractivity contribution in [2.24, 2.45) is 0 Å². The molecule has 29 heavy (non-hydrogen) atoms. The van der Waals surface area contributed by atoms with E-state index in [2.05, 4.69) is 21.3 Å². The van der Waals surface area contributed by atoms with Gasteiger partial charge in [0.2, 0.25) is 11.8 Å². The fourth-order valence-corrected chi connectivity index (χ4v) is 3.13. The lowest BCUT2D eigenvalue weighted by Crippen LogP contribution is -2.25. The van der Waals surface area contributed by atoms with Crippen LogP contribution in [0.2, 0.25) is 0 Å². The summed E-state index contributed by atoms with van der Waals surface area (Å²) in [5.74, 6) is -1.62. The second-order valence-electron chi connectivity index (χ2n) is 6.61. The van der Waals surface area contributed by atoms with Crippen LogP contribution in [-0.4, -0.2) is 24.3 Å². The largest absolute Gasteiger partial charge is 0.326 e. The van der Waals surface area contributed by atoms with Gasteiger partial charge in [-0.2, -0.15) is 0 Å². The molecule has 1 aliphatic heterocycles. The van der Waals surface area contributed by atoms with E-state index in [4.69, 9.17) is 0 Å². The lowest BCUT2D eigenvalue weighted by atomic mass is 9.99. The number of rotatable bonds is 4. The molecule has 0 unspecified atom stereocenters. The van der Waals surface area contributed by atoms with Gasteiger partial charge in [0.25, 0.3) is 5.91 Å². The number of amides is 3. The summed E-state index contributed by atoms with van der Waals surface area (Å²) in [5.41, 5.74) is 2.44. The van der Waals surface area contributed by atoms with Crippen molar-refractivity contribution in [2.75, 3.05) is 22.5 Å². The number of hydrogen-bond acceptors (Lipinski definition) is 4. The van der Waals surface area contributed by atoms with Gasteiger partial charge in [-0.25, -0.2) is 4.39 Å². The van der Waals surface area contributed by atoms with Gasteiger partial charge in [-0.3, -0.25) is 14.4 Å². The highest BCUT2D eigenvalue weighted by Crippen LogP contribution is 2.26. The summed E-state index contributed by atoms with van der Waals surface area (Å²) in [7, 11) is 0. The van der Waals surface area contributed by atoms with Crippen LogP contribution < -0.4 is 21.3 Å². The average Bonchev–Trinajstić information content (AvgIpc) is 2.63. The van der Waals surface area contributed by atoms with E-state index in [-0.39, 0.29) is 35.5 Å². The SMILES string of the molecule is CC(=O)Nc1cc(NC(C)=O)cc(C(=O)Nc2ccc3c(c2F)CCNC3)c1.Cl. The maximum Gasteiger partial charge on any atom is 0.255 e. The second kappa shape index (κ2) is 9.49. The number of fused-ring (bicyclic) bond motifs is 1. The molecular formula is C20H22ClFN4O3. The number of nitrogens with one attached hydrogen (secondary N) is 4.